The lowest BCUT2D eigenvalue weighted by Gasteiger charge is -2.32. The second-order valence-electron chi connectivity index (χ2n) is 5.41. The van der Waals surface area contributed by atoms with Crippen molar-refractivity contribution in [3.05, 3.63) is 35.4 Å². The number of nitrogens with one attached hydrogen (secondary N) is 1. The van der Waals surface area contributed by atoms with Crippen LogP contribution in [0.15, 0.2) is 24.3 Å². The Morgan fingerprint density at radius 2 is 1.82 bits per heavy atom. The Labute approximate surface area is 135 Å². The molecule has 1 heterocycles. The van der Waals surface area contributed by atoms with Crippen LogP contribution in [0.4, 0.5) is 0 Å². The van der Waals surface area contributed by atoms with Crippen LogP contribution in [0.5, 0.6) is 0 Å². The van der Waals surface area contributed by atoms with Gasteiger partial charge in [0, 0.05) is 18.7 Å². The molecule has 1 aromatic rings. The number of methoxy groups -OCH3 is 1. The van der Waals surface area contributed by atoms with Gasteiger partial charge in [0.05, 0.1) is 13.0 Å². The van der Waals surface area contributed by atoms with Gasteiger partial charge in [0.15, 0.2) is 5.11 Å². The average Bonchev–Trinajstić information content (AvgIpc) is 2.54. The Kier molecular flexibility index (Phi) is 5.49. The number of piperidine rings is 1. The number of thiocarbonyl (C=S) groups is 1. The van der Waals surface area contributed by atoms with Crippen molar-refractivity contribution in [2.45, 2.75) is 19.8 Å². The number of hydrogen-bond acceptors (Lipinski definition) is 4. The van der Waals surface area contributed by atoms with Crippen molar-refractivity contribution < 1.29 is 14.3 Å². The van der Waals surface area contributed by atoms with E-state index in [0.29, 0.717) is 36.6 Å². The highest BCUT2D eigenvalue weighted by atomic mass is 32.1. The minimum Gasteiger partial charge on any atom is -0.469 e. The Hall–Kier alpha value is -1.95. The van der Waals surface area contributed by atoms with Crippen molar-refractivity contribution in [1.82, 2.24) is 10.2 Å². The zero-order valence-corrected chi connectivity index (χ0v) is 13.6. The third-order valence-electron chi connectivity index (χ3n) is 3.85. The number of aryl methyl sites for hydroxylation is 1. The topological polar surface area (TPSA) is 58.6 Å². The average molecular weight is 320 g/mol. The SMILES string of the molecule is COC(=O)C1CCN(C(=S)NC(=O)c2ccc(C)cc2)CC1. The lowest BCUT2D eigenvalue weighted by molar-refractivity contribution is -0.146. The summed E-state index contributed by atoms with van der Waals surface area (Å²) in [7, 11) is 1.40. The number of amides is 1. The maximum Gasteiger partial charge on any atom is 0.308 e. The molecule has 1 aromatic carbocycles. The molecule has 0 unspecified atom stereocenters. The summed E-state index contributed by atoms with van der Waals surface area (Å²) in [5.74, 6) is -0.453. The van der Waals surface area contributed by atoms with E-state index in [9.17, 15) is 9.59 Å². The van der Waals surface area contributed by atoms with Crippen molar-refractivity contribution in [2.24, 2.45) is 5.92 Å². The molecule has 1 fully saturated rings. The lowest BCUT2D eigenvalue weighted by Crippen LogP contribution is -2.47. The summed E-state index contributed by atoms with van der Waals surface area (Å²) in [5, 5.41) is 3.16. The first kappa shape index (κ1) is 16.4. The van der Waals surface area contributed by atoms with Gasteiger partial charge in [-0.05, 0) is 44.1 Å². The number of nitrogens with zero attached hydrogens (tertiary/aromatic N) is 1. The molecule has 1 amide bonds. The molecule has 1 saturated heterocycles. The van der Waals surface area contributed by atoms with Crippen molar-refractivity contribution in [1.29, 1.82) is 0 Å². The molecular weight excluding hydrogens is 300 g/mol. The predicted molar refractivity (Wildman–Crippen MR) is 87.6 cm³/mol. The van der Waals surface area contributed by atoms with Gasteiger partial charge in [-0.25, -0.2) is 0 Å². The first-order valence-electron chi connectivity index (χ1n) is 7.26. The third-order valence-corrected chi connectivity index (χ3v) is 4.21. The van der Waals surface area contributed by atoms with Crippen molar-refractivity contribution in [3.63, 3.8) is 0 Å². The Morgan fingerprint density at radius 1 is 1.23 bits per heavy atom. The fourth-order valence-corrected chi connectivity index (χ4v) is 2.71. The predicted octanol–water partition coefficient (Wildman–Crippen LogP) is 1.89. The van der Waals surface area contributed by atoms with Crippen molar-refractivity contribution in [3.8, 4) is 0 Å². The molecule has 0 aliphatic carbocycles. The fraction of sp³-hybridized carbons (Fsp3) is 0.438. The van der Waals surface area contributed by atoms with E-state index in [4.69, 9.17) is 17.0 Å². The van der Waals surface area contributed by atoms with Gasteiger partial charge in [-0.15, -0.1) is 0 Å². The van der Waals surface area contributed by atoms with Gasteiger partial charge < -0.3 is 9.64 Å². The second kappa shape index (κ2) is 7.35. The van der Waals surface area contributed by atoms with Crippen LogP contribution >= 0.6 is 12.2 Å². The Morgan fingerprint density at radius 3 is 2.36 bits per heavy atom. The molecule has 1 aliphatic rings. The molecule has 5 nitrogen and oxygen atoms in total. The molecule has 22 heavy (non-hydrogen) atoms. The van der Waals surface area contributed by atoms with Crippen LogP contribution in [0, 0.1) is 12.8 Å². The number of likely N-dealkylation sites (tertiary alicyclic amines) is 1. The highest BCUT2D eigenvalue weighted by molar-refractivity contribution is 7.80. The third kappa shape index (κ3) is 4.04. The number of esters is 1. The zero-order chi connectivity index (χ0) is 16.1. The highest BCUT2D eigenvalue weighted by Crippen LogP contribution is 2.18. The second-order valence-corrected chi connectivity index (χ2v) is 5.80. The molecule has 1 N–H and O–H groups in total. The first-order valence-corrected chi connectivity index (χ1v) is 7.67. The fourth-order valence-electron chi connectivity index (χ4n) is 2.44. The molecule has 0 spiro atoms. The molecule has 1 aliphatic heterocycles. The van der Waals surface area contributed by atoms with Gasteiger partial charge >= 0.3 is 5.97 Å². The van der Waals surface area contributed by atoms with E-state index >= 15 is 0 Å². The van der Waals surface area contributed by atoms with E-state index in [1.807, 2.05) is 24.0 Å². The van der Waals surface area contributed by atoms with Crippen LogP contribution < -0.4 is 5.32 Å². The first-order chi connectivity index (χ1) is 10.5. The smallest absolute Gasteiger partial charge is 0.308 e. The molecule has 0 aromatic heterocycles. The molecule has 0 radical (unpaired) electrons. The number of carbonyl (C=O) groups excluding carboxylic acids is 2. The highest BCUT2D eigenvalue weighted by Gasteiger charge is 2.27. The molecule has 0 bridgehead atoms. The lowest BCUT2D eigenvalue weighted by atomic mass is 9.97. The quantitative estimate of drug-likeness (QED) is 0.666. The summed E-state index contributed by atoms with van der Waals surface area (Å²) in [6, 6.07) is 7.33. The number of rotatable bonds is 2. The molecular formula is C16H20N2O3S. The van der Waals surface area contributed by atoms with Gasteiger partial charge in [0.1, 0.15) is 0 Å². The van der Waals surface area contributed by atoms with E-state index in [1.54, 1.807) is 12.1 Å². The summed E-state index contributed by atoms with van der Waals surface area (Å²) in [5.41, 5.74) is 1.68. The van der Waals surface area contributed by atoms with Crippen LogP contribution in [0.25, 0.3) is 0 Å². The zero-order valence-electron chi connectivity index (χ0n) is 12.8. The number of ether oxygens (including phenoxy) is 1. The molecule has 0 atom stereocenters. The van der Waals surface area contributed by atoms with Crippen molar-refractivity contribution >= 4 is 29.2 Å². The van der Waals surface area contributed by atoms with E-state index in [2.05, 4.69) is 5.32 Å². The molecule has 6 heteroatoms. The van der Waals surface area contributed by atoms with E-state index in [-0.39, 0.29) is 17.8 Å². The number of benzene rings is 1. The number of carbonyl (C=O) groups is 2. The summed E-state index contributed by atoms with van der Waals surface area (Å²) in [6.45, 7) is 3.26. The molecule has 118 valence electrons. The van der Waals surface area contributed by atoms with Gasteiger partial charge in [0.25, 0.3) is 5.91 Å². The van der Waals surface area contributed by atoms with E-state index in [0.717, 1.165) is 5.56 Å². The molecule has 2 rings (SSSR count). The van der Waals surface area contributed by atoms with Gasteiger partial charge in [-0.1, -0.05) is 17.7 Å². The largest absolute Gasteiger partial charge is 0.469 e. The van der Waals surface area contributed by atoms with Crippen molar-refractivity contribution in [2.75, 3.05) is 20.2 Å². The van der Waals surface area contributed by atoms with Crippen LogP contribution in [0.2, 0.25) is 0 Å². The standard InChI is InChI=1S/C16H20N2O3S/c1-11-3-5-12(6-4-11)14(19)17-16(22)18-9-7-13(8-10-18)15(20)21-2/h3-6,13H,7-10H2,1-2H3,(H,17,19,22). The monoisotopic (exact) mass is 320 g/mol. The maximum absolute atomic E-state index is 12.1. The molecule has 0 saturated carbocycles. The summed E-state index contributed by atoms with van der Waals surface area (Å²) >= 11 is 5.29. The summed E-state index contributed by atoms with van der Waals surface area (Å²) < 4.78 is 4.76. The Balaban J connectivity index is 1.87. The van der Waals surface area contributed by atoms with Crippen LogP contribution in [0.3, 0.4) is 0 Å². The van der Waals surface area contributed by atoms with Crippen LogP contribution in [0.1, 0.15) is 28.8 Å². The minimum absolute atomic E-state index is 0.0724. The maximum atomic E-state index is 12.1. The normalized spacial score (nSPS) is 15.3. The van der Waals surface area contributed by atoms with E-state index < -0.39 is 0 Å². The van der Waals surface area contributed by atoms with E-state index in [1.165, 1.54) is 7.11 Å². The van der Waals surface area contributed by atoms with Gasteiger partial charge in [-0.3, -0.25) is 14.9 Å². The summed E-state index contributed by atoms with van der Waals surface area (Å²) in [4.78, 5) is 25.5. The minimum atomic E-state index is -0.208. The van der Waals surface area contributed by atoms with Crippen LogP contribution in [-0.2, 0) is 9.53 Å². The van der Waals surface area contributed by atoms with Gasteiger partial charge in [0.2, 0.25) is 0 Å². The Bertz CT molecular complexity index is 563. The van der Waals surface area contributed by atoms with Gasteiger partial charge in [-0.2, -0.15) is 0 Å². The summed E-state index contributed by atoms with van der Waals surface area (Å²) in [6.07, 6.45) is 1.38. The van der Waals surface area contributed by atoms with Crippen LogP contribution in [-0.4, -0.2) is 42.1 Å². The number of hydrogen-bond donors (Lipinski definition) is 1.